The molecule has 154 valence electrons. The van der Waals surface area contributed by atoms with Gasteiger partial charge in [-0.1, -0.05) is 12.1 Å². The fourth-order valence-corrected chi connectivity index (χ4v) is 3.49. The largest absolute Gasteiger partial charge is 0.457 e. The molecule has 1 aromatic carbocycles. The van der Waals surface area contributed by atoms with Crippen molar-refractivity contribution < 1.29 is 22.4 Å². The van der Waals surface area contributed by atoms with Crippen molar-refractivity contribution in [3.05, 3.63) is 58.3 Å². The molecule has 29 heavy (non-hydrogen) atoms. The highest BCUT2D eigenvalue weighted by molar-refractivity contribution is 7.88. The molecule has 3 aromatic rings. The number of furan rings is 1. The molecule has 0 saturated heterocycles. The number of ether oxygens (including phenoxy) is 1. The summed E-state index contributed by atoms with van der Waals surface area (Å²) >= 11 is 0. The molecule has 10 heteroatoms. The molecular weight excluding hydrogens is 398 g/mol. The summed E-state index contributed by atoms with van der Waals surface area (Å²) in [4.78, 5) is 28.9. The van der Waals surface area contributed by atoms with Crippen molar-refractivity contribution in [3.8, 4) is 0 Å². The predicted octanol–water partition coefficient (Wildman–Crippen LogP) is 1.45. The van der Waals surface area contributed by atoms with E-state index >= 15 is 0 Å². The molecule has 0 aliphatic rings. The Labute approximate surface area is 167 Å². The lowest BCUT2D eigenvalue weighted by Gasteiger charge is -2.09. The standard InChI is InChI=1S/C19H21N3O6S/c1-21(2)29(25,26)18-11-8-13(28-18)12-27-17(23)10-9-16-20-15-7-5-4-6-14(15)19(24)22(16)3/h4-8,11H,9-10,12H2,1-3H3. The van der Waals surface area contributed by atoms with Crippen LogP contribution in [0.15, 0.2) is 50.7 Å². The molecule has 3 rings (SSSR count). The van der Waals surface area contributed by atoms with Crippen molar-refractivity contribution in [3.63, 3.8) is 0 Å². The van der Waals surface area contributed by atoms with E-state index in [1.165, 1.54) is 30.8 Å². The first-order chi connectivity index (χ1) is 13.7. The molecule has 0 aliphatic carbocycles. The van der Waals surface area contributed by atoms with Crippen molar-refractivity contribution in [2.45, 2.75) is 24.5 Å². The molecule has 0 saturated carbocycles. The minimum absolute atomic E-state index is 0.0161. The fraction of sp³-hybridized carbons (Fsp3) is 0.316. The maximum Gasteiger partial charge on any atom is 0.306 e. The molecule has 0 fully saturated rings. The molecule has 9 nitrogen and oxygen atoms in total. The summed E-state index contributed by atoms with van der Waals surface area (Å²) in [5.41, 5.74) is 0.397. The van der Waals surface area contributed by atoms with E-state index in [-0.39, 0.29) is 35.9 Å². The highest BCUT2D eigenvalue weighted by Gasteiger charge is 2.21. The Morgan fingerprint density at radius 2 is 1.93 bits per heavy atom. The van der Waals surface area contributed by atoms with E-state index < -0.39 is 16.0 Å². The third-order valence-electron chi connectivity index (χ3n) is 4.38. The number of hydrogen-bond donors (Lipinski definition) is 0. The molecule has 2 aromatic heterocycles. The lowest BCUT2D eigenvalue weighted by atomic mass is 10.2. The highest BCUT2D eigenvalue weighted by atomic mass is 32.2. The van der Waals surface area contributed by atoms with Crippen LogP contribution in [-0.4, -0.2) is 42.3 Å². The summed E-state index contributed by atoms with van der Waals surface area (Å²) in [5.74, 6) is 0.179. The van der Waals surface area contributed by atoms with Crippen molar-refractivity contribution in [1.82, 2.24) is 13.9 Å². The molecule has 0 amide bonds. The van der Waals surface area contributed by atoms with Gasteiger partial charge in [0, 0.05) is 27.6 Å². The molecule has 0 unspecified atom stereocenters. The maximum atomic E-state index is 12.4. The first-order valence-electron chi connectivity index (χ1n) is 8.81. The minimum Gasteiger partial charge on any atom is -0.457 e. The minimum atomic E-state index is -3.68. The summed E-state index contributed by atoms with van der Waals surface area (Å²) < 4.78 is 36.8. The van der Waals surface area contributed by atoms with Crippen molar-refractivity contribution in [1.29, 1.82) is 0 Å². The quantitative estimate of drug-likeness (QED) is 0.533. The normalized spacial score (nSPS) is 11.9. The van der Waals surface area contributed by atoms with Gasteiger partial charge in [-0.15, -0.1) is 0 Å². The second kappa shape index (κ2) is 8.18. The summed E-state index contributed by atoms with van der Waals surface area (Å²) in [6.45, 7) is -0.189. The average molecular weight is 419 g/mol. The third kappa shape index (κ3) is 4.38. The molecule has 0 spiro atoms. The van der Waals surface area contributed by atoms with Gasteiger partial charge in [0.05, 0.1) is 17.3 Å². The van der Waals surface area contributed by atoms with E-state index in [2.05, 4.69) is 4.98 Å². The van der Waals surface area contributed by atoms with Gasteiger partial charge in [-0.05, 0) is 24.3 Å². The number of para-hydroxylation sites is 1. The van der Waals surface area contributed by atoms with Gasteiger partial charge in [0.2, 0.25) is 5.09 Å². The third-order valence-corrected chi connectivity index (χ3v) is 6.07. The summed E-state index contributed by atoms with van der Waals surface area (Å²) in [6, 6.07) is 9.77. The van der Waals surface area contributed by atoms with Crippen molar-refractivity contribution in [2.75, 3.05) is 14.1 Å². The van der Waals surface area contributed by atoms with Crippen LogP contribution in [-0.2, 0) is 39.6 Å². The van der Waals surface area contributed by atoms with Crippen molar-refractivity contribution >= 4 is 26.9 Å². The van der Waals surface area contributed by atoms with Gasteiger partial charge in [0.25, 0.3) is 15.6 Å². The summed E-state index contributed by atoms with van der Waals surface area (Å²) in [7, 11) is 0.716. The average Bonchev–Trinajstić information content (AvgIpc) is 3.18. The van der Waals surface area contributed by atoms with Crippen molar-refractivity contribution in [2.24, 2.45) is 7.05 Å². The smallest absolute Gasteiger partial charge is 0.306 e. The first-order valence-corrected chi connectivity index (χ1v) is 10.3. The molecule has 0 radical (unpaired) electrons. The summed E-state index contributed by atoms with van der Waals surface area (Å²) in [5, 5.41) is 0.298. The topological polar surface area (TPSA) is 112 Å². The van der Waals surface area contributed by atoms with E-state index in [1.807, 2.05) is 0 Å². The van der Waals surface area contributed by atoms with Crippen LogP contribution in [0.1, 0.15) is 18.0 Å². The van der Waals surface area contributed by atoms with E-state index in [4.69, 9.17) is 9.15 Å². The second-order valence-corrected chi connectivity index (χ2v) is 8.66. The van der Waals surface area contributed by atoms with Crippen LogP contribution >= 0.6 is 0 Å². The SMILES string of the molecule is CN(C)S(=O)(=O)c1ccc(COC(=O)CCc2nc3ccccc3c(=O)n2C)o1. The van der Waals surface area contributed by atoms with E-state index in [0.717, 1.165) is 4.31 Å². The number of sulfonamides is 1. The monoisotopic (exact) mass is 419 g/mol. The lowest BCUT2D eigenvalue weighted by molar-refractivity contribution is -0.145. The van der Waals surface area contributed by atoms with Gasteiger partial charge in [0.1, 0.15) is 18.2 Å². The zero-order valence-electron chi connectivity index (χ0n) is 16.3. The van der Waals surface area contributed by atoms with Crippen LogP contribution in [0.3, 0.4) is 0 Å². The van der Waals surface area contributed by atoms with Gasteiger partial charge in [-0.2, -0.15) is 0 Å². The number of aryl methyl sites for hydroxylation is 1. The lowest BCUT2D eigenvalue weighted by Crippen LogP contribution is -2.23. The number of rotatable bonds is 7. The Morgan fingerprint density at radius 1 is 1.21 bits per heavy atom. The van der Waals surface area contributed by atoms with Crippen LogP contribution in [0, 0.1) is 0 Å². The fourth-order valence-electron chi connectivity index (χ4n) is 2.68. The van der Waals surface area contributed by atoms with Gasteiger partial charge in [-0.25, -0.2) is 17.7 Å². The van der Waals surface area contributed by atoms with E-state index in [0.29, 0.717) is 16.7 Å². The Bertz CT molecular complexity index is 1210. The zero-order valence-corrected chi connectivity index (χ0v) is 17.1. The molecule has 0 aliphatic heterocycles. The highest BCUT2D eigenvalue weighted by Crippen LogP contribution is 2.17. The second-order valence-electron chi connectivity index (χ2n) is 6.58. The number of esters is 1. The Hall–Kier alpha value is -2.98. The first kappa shape index (κ1) is 20.7. The van der Waals surface area contributed by atoms with E-state index in [1.54, 1.807) is 31.3 Å². The Balaban J connectivity index is 1.61. The number of carbonyl (C=O) groups excluding carboxylic acids is 1. The van der Waals surface area contributed by atoms with Crippen LogP contribution in [0.5, 0.6) is 0 Å². The van der Waals surface area contributed by atoms with Crippen LogP contribution in [0.2, 0.25) is 0 Å². The van der Waals surface area contributed by atoms with Gasteiger partial charge >= 0.3 is 5.97 Å². The Kier molecular flexibility index (Phi) is 5.85. The van der Waals surface area contributed by atoms with Gasteiger partial charge < -0.3 is 9.15 Å². The Morgan fingerprint density at radius 3 is 2.66 bits per heavy atom. The molecule has 2 heterocycles. The van der Waals surface area contributed by atoms with Crippen LogP contribution in [0.4, 0.5) is 0 Å². The van der Waals surface area contributed by atoms with Gasteiger partial charge in [-0.3, -0.25) is 14.2 Å². The number of nitrogens with zero attached hydrogens (tertiary/aromatic N) is 3. The zero-order chi connectivity index (χ0) is 21.2. The number of carbonyl (C=O) groups is 1. The number of aromatic nitrogens is 2. The molecule has 0 bridgehead atoms. The van der Waals surface area contributed by atoms with Crippen LogP contribution in [0.25, 0.3) is 10.9 Å². The molecular formula is C19H21N3O6S. The predicted molar refractivity (Wildman–Crippen MR) is 105 cm³/mol. The number of hydrogen-bond acceptors (Lipinski definition) is 7. The maximum absolute atomic E-state index is 12.4. The number of fused-ring (bicyclic) bond motifs is 1. The molecule has 0 atom stereocenters. The van der Waals surface area contributed by atoms with E-state index in [9.17, 15) is 18.0 Å². The number of benzene rings is 1. The summed E-state index contributed by atoms with van der Waals surface area (Å²) in [6.07, 6.45) is 0.246. The van der Waals surface area contributed by atoms with Gasteiger partial charge in [0.15, 0.2) is 0 Å². The van der Waals surface area contributed by atoms with Crippen LogP contribution < -0.4 is 5.56 Å². The molecule has 0 N–H and O–H groups in total.